The van der Waals surface area contributed by atoms with Crippen molar-refractivity contribution in [1.82, 2.24) is 0 Å². The van der Waals surface area contributed by atoms with Crippen LogP contribution in [-0.2, 0) is 4.74 Å². The number of ether oxygens (including phenoxy) is 1. The standard InChI is InChI=1S/C16H21FO4/c1-11(18)8-12(10-21-2)4-3-5-15(19)13-6-7-16(20)14(17)9-13/h3,6-7,9,11,15,18-20H,5,8,10H2,1-2H3/t4?,11-,15+/m0/s1. The predicted molar refractivity (Wildman–Crippen MR) is 77.4 cm³/mol. The van der Waals surface area contributed by atoms with E-state index in [1.165, 1.54) is 12.1 Å². The van der Waals surface area contributed by atoms with Crippen LogP contribution in [-0.4, -0.2) is 35.1 Å². The average Bonchev–Trinajstić information content (AvgIpc) is 2.41. The number of methoxy groups -OCH3 is 1. The number of hydrogen-bond donors (Lipinski definition) is 3. The Hall–Kier alpha value is -1.65. The first kappa shape index (κ1) is 17.4. The van der Waals surface area contributed by atoms with E-state index >= 15 is 0 Å². The summed E-state index contributed by atoms with van der Waals surface area (Å²) in [6, 6.07) is 3.77. The van der Waals surface area contributed by atoms with Gasteiger partial charge in [0.05, 0.1) is 18.8 Å². The monoisotopic (exact) mass is 296 g/mol. The molecule has 0 aromatic heterocycles. The van der Waals surface area contributed by atoms with Gasteiger partial charge in [0.15, 0.2) is 11.6 Å². The second-order valence-electron chi connectivity index (χ2n) is 4.90. The zero-order valence-corrected chi connectivity index (χ0v) is 12.2. The van der Waals surface area contributed by atoms with Crippen molar-refractivity contribution in [2.75, 3.05) is 13.7 Å². The van der Waals surface area contributed by atoms with Crippen molar-refractivity contribution in [3.63, 3.8) is 0 Å². The van der Waals surface area contributed by atoms with Crippen LogP contribution in [0.1, 0.15) is 31.4 Å². The number of aliphatic hydroxyl groups excluding tert-OH is 2. The quantitative estimate of drug-likeness (QED) is 0.676. The third-order valence-corrected chi connectivity index (χ3v) is 2.86. The summed E-state index contributed by atoms with van der Waals surface area (Å²) in [5.41, 5.74) is 4.15. The zero-order chi connectivity index (χ0) is 15.8. The first-order valence-electron chi connectivity index (χ1n) is 6.70. The Balaban J connectivity index is 2.74. The molecule has 0 saturated heterocycles. The summed E-state index contributed by atoms with van der Waals surface area (Å²) >= 11 is 0. The lowest BCUT2D eigenvalue weighted by Gasteiger charge is -2.09. The Morgan fingerprint density at radius 3 is 2.71 bits per heavy atom. The highest BCUT2D eigenvalue weighted by Crippen LogP contribution is 2.23. The molecule has 1 rings (SSSR count). The molecule has 2 atom stereocenters. The van der Waals surface area contributed by atoms with Crippen molar-refractivity contribution in [2.24, 2.45) is 0 Å². The highest BCUT2D eigenvalue weighted by molar-refractivity contribution is 5.29. The molecule has 0 aliphatic heterocycles. The molecular formula is C16H21FO4. The number of rotatable bonds is 7. The van der Waals surface area contributed by atoms with Gasteiger partial charge >= 0.3 is 0 Å². The maximum atomic E-state index is 13.2. The number of halogens is 1. The van der Waals surface area contributed by atoms with Gasteiger partial charge in [-0.05, 0) is 36.3 Å². The van der Waals surface area contributed by atoms with E-state index in [4.69, 9.17) is 9.84 Å². The van der Waals surface area contributed by atoms with Crippen molar-refractivity contribution >= 4 is 0 Å². The van der Waals surface area contributed by atoms with Gasteiger partial charge in [-0.25, -0.2) is 4.39 Å². The minimum Gasteiger partial charge on any atom is -0.505 e. The van der Waals surface area contributed by atoms with Gasteiger partial charge in [-0.15, -0.1) is 5.73 Å². The molecule has 0 radical (unpaired) electrons. The van der Waals surface area contributed by atoms with Crippen LogP contribution in [0.4, 0.5) is 4.39 Å². The van der Waals surface area contributed by atoms with Crippen molar-refractivity contribution in [3.05, 3.63) is 47.0 Å². The van der Waals surface area contributed by atoms with Crippen LogP contribution in [0.3, 0.4) is 0 Å². The lowest BCUT2D eigenvalue weighted by molar-refractivity contribution is 0.176. The van der Waals surface area contributed by atoms with E-state index in [0.717, 1.165) is 11.6 Å². The molecule has 0 saturated carbocycles. The Morgan fingerprint density at radius 1 is 1.43 bits per heavy atom. The molecule has 116 valence electrons. The molecule has 21 heavy (non-hydrogen) atoms. The van der Waals surface area contributed by atoms with Gasteiger partial charge in [0.1, 0.15) is 0 Å². The summed E-state index contributed by atoms with van der Waals surface area (Å²) in [6.07, 6.45) is 0.938. The van der Waals surface area contributed by atoms with E-state index in [0.29, 0.717) is 18.6 Å². The fraction of sp³-hybridized carbons (Fsp3) is 0.438. The lowest BCUT2D eigenvalue weighted by Crippen LogP contribution is -2.04. The average molecular weight is 296 g/mol. The maximum absolute atomic E-state index is 13.2. The highest BCUT2D eigenvalue weighted by Gasteiger charge is 2.09. The molecule has 1 aromatic carbocycles. The van der Waals surface area contributed by atoms with Gasteiger partial charge in [-0.1, -0.05) is 6.07 Å². The first-order valence-corrected chi connectivity index (χ1v) is 6.70. The number of aliphatic hydroxyl groups is 2. The molecule has 0 fully saturated rings. The van der Waals surface area contributed by atoms with Crippen molar-refractivity contribution in [1.29, 1.82) is 0 Å². The van der Waals surface area contributed by atoms with E-state index in [-0.39, 0.29) is 6.42 Å². The Kier molecular flexibility index (Phi) is 7.12. The Bertz CT molecular complexity index is 519. The Morgan fingerprint density at radius 2 is 2.14 bits per heavy atom. The van der Waals surface area contributed by atoms with E-state index < -0.39 is 23.8 Å². The van der Waals surface area contributed by atoms with Crippen molar-refractivity contribution in [2.45, 2.75) is 32.0 Å². The van der Waals surface area contributed by atoms with Gasteiger partial charge in [-0.2, -0.15) is 0 Å². The molecule has 3 N–H and O–H groups in total. The normalized spacial score (nSPS) is 13.4. The van der Waals surface area contributed by atoms with Crippen LogP contribution in [0, 0.1) is 5.82 Å². The summed E-state index contributed by atoms with van der Waals surface area (Å²) < 4.78 is 18.2. The molecular weight excluding hydrogens is 275 g/mol. The summed E-state index contributed by atoms with van der Waals surface area (Å²) in [5, 5.41) is 28.4. The number of phenolic OH excluding ortho intramolecular Hbond substituents is 1. The van der Waals surface area contributed by atoms with E-state index in [2.05, 4.69) is 5.73 Å². The van der Waals surface area contributed by atoms with Gasteiger partial charge in [0.25, 0.3) is 0 Å². The van der Waals surface area contributed by atoms with E-state index in [9.17, 15) is 14.6 Å². The lowest BCUT2D eigenvalue weighted by atomic mass is 10.1. The Labute approximate surface area is 123 Å². The maximum Gasteiger partial charge on any atom is 0.165 e. The molecule has 0 bridgehead atoms. The minimum atomic E-state index is -0.886. The highest BCUT2D eigenvalue weighted by atomic mass is 19.1. The van der Waals surface area contributed by atoms with Gasteiger partial charge in [-0.3, -0.25) is 0 Å². The number of phenols is 1. The van der Waals surface area contributed by atoms with Gasteiger partial charge in [0.2, 0.25) is 0 Å². The molecule has 0 heterocycles. The largest absolute Gasteiger partial charge is 0.505 e. The van der Waals surface area contributed by atoms with Crippen LogP contribution in [0.5, 0.6) is 5.75 Å². The number of hydrogen-bond acceptors (Lipinski definition) is 4. The third-order valence-electron chi connectivity index (χ3n) is 2.86. The van der Waals surface area contributed by atoms with E-state index in [1.54, 1.807) is 20.1 Å². The molecule has 0 amide bonds. The van der Waals surface area contributed by atoms with Crippen LogP contribution in [0.2, 0.25) is 0 Å². The van der Waals surface area contributed by atoms with Gasteiger partial charge < -0.3 is 20.1 Å². The fourth-order valence-corrected chi connectivity index (χ4v) is 1.87. The molecule has 5 heteroatoms. The summed E-state index contributed by atoms with van der Waals surface area (Å²) in [5.74, 6) is -1.21. The second-order valence-corrected chi connectivity index (χ2v) is 4.90. The summed E-state index contributed by atoms with van der Waals surface area (Å²) in [4.78, 5) is 0. The first-order chi connectivity index (χ1) is 9.93. The fourth-order valence-electron chi connectivity index (χ4n) is 1.87. The molecule has 1 aromatic rings. The number of benzene rings is 1. The second kappa shape index (κ2) is 8.60. The molecule has 0 unspecified atom stereocenters. The minimum absolute atomic E-state index is 0.247. The smallest absolute Gasteiger partial charge is 0.165 e. The predicted octanol–water partition coefficient (Wildman–Crippen LogP) is 2.45. The molecule has 0 aliphatic rings. The van der Waals surface area contributed by atoms with Crippen LogP contribution < -0.4 is 0 Å². The molecule has 0 spiro atoms. The van der Waals surface area contributed by atoms with Crippen LogP contribution >= 0.6 is 0 Å². The summed E-state index contributed by atoms with van der Waals surface area (Å²) in [6.45, 7) is 2.02. The van der Waals surface area contributed by atoms with Crippen LogP contribution in [0.25, 0.3) is 0 Å². The third kappa shape index (κ3) is 6.10. The van der Waals surface area contributed by atoms with E-state index in [1.807, 2.05) is 0 Å². The molecule has 0 aliphatic carbocycles. The summed E-state index contributed by atoms with van der Waals surface area (Å²) in [7, 11) is 1.55. The topological polar surface area (TPSA) is 69.9 Å². The van der Waals surface area contributed by atoms with Crippen molar-refractivity contribution < 1.29 is 24.4 Å². The number of aromatic hydroxyl groups is 1. The van der Waals surface area contributed by atoms with Gasteiger partial charge in [0, 0.05) is 20.0 Å². The SMILES string of the molecule is COCC(=C=CC[C@@H](O)c1ccc(O)c(F)c1)C[C@H](C)O. The van der Waals surface area contributed by atoms with Crippen LogP contribution in [0.15, 0.2) is 35.6 Å². The van der Waals surface area contributed by atoms with Crippen molar-refractivity contribution in [3.8, 4) is 5.75 Å². The molecule has 4 nitrogen and oxygen atoms in total. The zero-order valence-electron chi connectivity index (χ0n) is 12.2.